The molecule has 0 fully saturated rings. The zero-order valence-corrected chi connectivity index (χ0v) is 11.8. The SMILES string of the molecule is CC(C)n1ncnc1CC(C)(N)c1cc(F)cc(F)c1. The second kappa shape index (κ2) is 5.28. The van der Waals surface area contributed by atoms with Gasteiger partial charge >= 0.3 is 0 Å². The highest BCUT2D eigenvalue weighted by Crippen LogP contribution is 2.24. The molecule has 2 rings (SSSR count). The molecule has 0 aliphatic rings. The highest BCUT2D eigenvalue weighted by molar-refractivity contribution is 5.26. The fourth-order valence-corrected chi connectivity index (χ4v) is 2.15. The molecule has 1 heterocycles. The first-order chi connectivity index (χ1) is 9.29. The molecule has 0 aliphatic heterocycles. The van der Waals surface area contributed by atoms with Crippen LogP contribution in [-0.4, -0.2) is 14.8 Å². The van der Waals surface area contributed by atoms with Crippen LogP contribution in [0.25, 0.3) is 0 Å². The lowest BCUT2D eigenvalue weighted by Crippen LogP contribution is -2.37. The zero-order chi connectivity index (χ0) is 14.9. The number of nitrogens with two attached hydrogens (primary N) is 1. The largest absolute Gasteiger partial charge is 0.321 e. The van der Waals surface area contributed by atoms with E-state index in [9.17, 15) is 8.78 Å². The number of hydrogen-bond acceptors (Lipinski definition) is 3. The van der Waals surface area contributed by atoms with Gasteiger partial charge in [-0.15, -0.1) is 0 Å². The van der Waals surface area contributed by atoms with E-state index in [1.54, 1.807) is 11.6 Å². The first kappa shape index (κ1) is 14.6. The number of benzene rings is 1. The average molecular weight is 280 g/mol. The fourth-order valence-electron chi connectivity index (χ4n) is 2.15. The van der Waals surface area contributed by atoms with E-state index in [1.165, 1.54) is 18.5 Å². The minimum absolute atomic E-state index is 0.146. The van der Waals surface area contributed by atoms with Crippen LogP contribution in [0.15, 0.2) is 24.5 Å². The standard InChI is InChI=1S/C14H18F2N4/c1-9(2)20-13(18-8-19-20)7-14(3,17)10-4-11(15)6-12(16)5-10/h4-6,8-9H,7,17H2,1-3H3. The minimum Gasteiger partial charge on any atom is -0.321 e. The summed E-state index contributed by atoms with van der Waals surface area (Å²) in [5.41, 5.74) is 5.69. The van der Waals surface area contributed by atoms with Gasteiger partial charge in [0.25, 0.3) is 0 Å². The molecule has 0 radical (unpaired) electrons. The van der Waals surface area contributed by atoms with Crippen LogP contribution in [0.4, 0.5) is 8.78 Å². The normalized spacial score (nSPS) is 14.6. The van der Waals surface area contributed by atoms with Gasteiger partial charge < -0.3 is 5.73 Å². The summed E-state index contributed by atoms with van der Waals surface area (Å²) in [7, 11) is 0. The molecule has 1 aromatic heterocycles. The van der Waals surface area contributed by atoms with Crippen LogP contribution >= 0.6 is 0 Å². The summed E-state index contributed by atoms with van der Waals surface area (Å²) in [6.45, 7) is 5.68. The Hall–Kier alpha value is -1.82. The van der Waals surface area contributed by atoms with Crippen molar-refractivity contribution in [3.05, 3.63) is 47.5 Å². The van der Waals surface area contributed by atoms with Gasteiger partial charge in [-0.25, -0.2) is 18.4 Å². The first-order valence-corrected chi connectivity index (χ1v) is 6.43. The lowest BCUT2D eigenvalue weighted by atomic mass is 9.89. The first-order valence-electron chi connectivity index (χ1n) is 6.43. The number of halogens is 2. The Morgan fingerprint density at radius 1 is 1.25 bits per heavy atom. The maximum atomic E-state index is 13.3. The molecular formula is C14H18F2N4. The summed E-state index contributed by atoms with van der Waals surface area (Å²) in [5, 5.41) is 4.13. The third kappa shape index (κ3) is 3.01. The number of nitrogens with zero attached hydrogens (tertiary/aromatic N) is 3. The molecule has 0 saturated heterocycles. The van der Waals surface area contributed by atoms with Crippen LogP contribution in [0.5, 0.6) is 0 Å². The van der Waals surface area contributed by atoms with E-state index in [0.717, 1.165) is 6.07 Å². The second-order valence-corrected chi connectivity index (χ2v) is 5.47. The Morgan fingerprint density at radius 2 is 1.85 bits per heavy atom. The van der Waals surface area contributed by atoms with Crippen molar-refractivity contribution in [2.75, 3.05) is 0 Å². The number of aromatic nitrogens is 3. The smallest absolute Gasteiger partial charge is 0.138 e. The minimum atomic E-state index is -0.928. The molecule has 4 nitrogen and oxygen atoms in total. The third-order valence-corrected chi connectivity index (χ3v) is 3.18. The van der Waals surface area contributed by atoms with Gasteiger partial charge in [0.2, 0.25) is 0 Å². The van der Waals surface area contributed by atoms with E-state index in [-0.39, 0.29) is 6.04 Å². The molecule has 108 valence electrons. The monoisotopic (exact) mass is 280 g/mol. The molecule has 1 unspecified atom stereocenters. The van der Waals surface area contributed by atoms with E-state index in [0.29, 0.717) is 17.8 Å². The Bertz CT molecular complexity index is 585. The number of hydrogen-bond donors (Lipinski definition) is 1. The maximum absolute atomic E-state index is 13.3. The van der Waals surface area contributed by atoms with Crippen molar-refractivity contribution in [3.8, 4) is 0 Å². The van der Waals surface area contributed by atoms with E-state index >= 15 is 0 Å². The van der Waals surface area contributed by atoms with E-state index in [4.69, 9.17) is 5.73 Å². The Labute approximate surface area is 116 Å². The van der Waals surface area contributed by atoms with Crippen molar-refractivity contribution >= 4 is 0 Å². The third-order valence-electron chi connectivity index (χ3n) is 3.18. The lowest BCUT2D eigenvalue weighted by Gasteiger charge is -2.25. The van der Waals surface area contributed by atoms with Gasteiger partial charge in [0, 0.05) is 24.1 Å². The predicted octanol–water partition coefficient (Wildman–Crippen LogP) is 2.55. The Balaban J connectivity index is 2.32. The van der Waals surface area contributed by atoms with Gasteiger partial charge in [0.15, 0.2) is 0 Å². The van der Waals surface area contributed by atoms with Gasteiger partial charge in [-0.1, -0.05) is 0 Å². The van der Waals surface area contributed by atoms with Crippen molar-refractivity contribution in [3.63, 3.8) is 0 Å². The predicted molar refractivity (Wildman–Crippen MR) is 72.0 cm³/mol. The van der Waals surface area contributed by atoms with Crippen molar-refractivity contribution in [1.82, 2.24) is 14.8 Å². The molecule has 0 saturated carbocycles. The molecular weight excluding hydrogens is 262 g/mol. The van der Waals surface area contributed by atoms with Crippen LogP contribution in [0, 0.1) is 11.6 Å². The molecule has 2 N–H and O–H groups in total. The van der Waals surface area contributed by atoms with Crippen molar-refractivity contribution < 1.29 is 8.78 Å². The highest BCUT2D eigenvalue weighted by Gasteiger charge is 2.26. The fraction of sp³-hybridized carbons (Fsp3) is 0.429. The van der Waals surface area contributed by atoms with Gasteiger partial charge in [-0.2, -0.15) is 5.10 Å². The molecule has 0 amide bonds. The maximum Gasteiger partial charge on any atom is 0.138 e. The Morgan fingerprint density at radius 3 is 2.40 bits per heavy atom. The summed E-state index contributed by atoms with van der Waals surface area (Å²) in [5.74, 6) is -0.585. The molecule has 2 aromatic rings. The van der Waals surface area contributed by atoms with E-state index < -0.39 is 17.2 Å². The zero-order valence-electron chi connectivity index (χ0n) is 11.8. The van der Waals surface area contributed by atoms with E-state index in [1.807, 2.05) is 13.8 Å². The topological polar surface area (TPSA) is 56.7 Å². The summed E-state index contributed by atoms with van der Waals surface area (Å²) in [6, 6.07) is 3.47. The molecule has 20 heavy (non-hydrogen) atoms. The van der Waals surface area contributed by atoms with Crippen molar-refractivity contribution in [2.45, 2.75) is 38.8 Å². The highest BCUT2D eigenvalue weighted by atomic mass is 19.1. The second-order valence-electron chi connectivity index (χ2n) is 5.47. The molecule has 6 heteroatoms. The number of rotatable bonds is 4. The molecule has 0 bridgehead atoms. The summed E-state index contributed by atoms with van der Waals surface area (Å²) in [6.07, 6.45) is 1.80. The van der Waals surface area contributed by atoms with Crippen molar-refractivity contribution in [1.29, 1.82) is 0 Å². The van der Waals surface area contributed by atoms with Crippen LogP contribution in [0.3, 0.4) is 0 Å². The van der Waals surface area contributed by atoms with Crippen molar-refractivity contribution in [2.24, 2.45) is 5.73 Å². The van der Waals surface area contributed by atoms with Gasteiger partial charge in [0.05, 0.1) is 0 Å². The van der Waals surface area contributed by atoms with Crippen LogP contribution in [0.1, 0.15) is 38.2 Å². The summed E-state index contributed by atoms with van der Waals surface area (Å²) >= 11 is 0. The summed E-state index contributed by atoms with van der Waals surface area (Å²) in [4.78, 5) is 4.18. The van der Waals surface area contributed by atoms with Crippen LogP contribution in [0.2, 0.25) is 0 Å². The molecule has 0 aliphatic carbocycles. The van der Waals surface area contributed by atoms with Crippen LogP contribution in [-0.2, 0) is 12.0 Å². The molecule has 1 atom stereocenters. The van der Waals surface area contributed by atoms with Gasteiger partial charge in [-0.3, -0.25) is 0 Å². The van der Waals surface area contributed by atoms with Crippen LogP contribution < -0.4 is 5.73 Å². The quantitative estimate of drug-likeness (QED) is 0.936. The van der Waals surface area contributed by atoms with Gasteiger partial charge in [0.1, 0.15) is 23.8 Å². The molecule has 1 aromatic carbocycles. The molecule has 0 spiro atoms. The Kier molecular flexibility index (Phi) is 3.85. The lowest BCUT2D eigenvalue weighted by molar-refractivity contribution is 0.429. The average Bonchev–Trinajstić information content (AvgIpc) is 2.75. The van der Waals surface area contributed by atoms with E-state index in [2.05, 4.69) is 10.1 Å². The van der Waals surface area contributed by atoms with Gasteiger partial charge in [-0.05, 0) is 38.5 Å². The summed E-state index contributed by atoms with van der Waals surface area (Å²) < 4.78 is 28.4.